The molecular weight excluding hydrogens is 1030 g/mol. The standard InChI is InChI=1S/C27H28N4O5.C25H25N5O4.C3H8O2.H3N.V/c1-3-36-27(34)24-22-15-17-30(19-9-7-18(8-10-19)29-16-5-4-6-23(29)32)26(33)25(22)31(28-24)20-11-13-21(35-2)14-12-20;1-34-19-11-9-18(10-12-19)30-23-20(22(27-30)24(26)32)13-15-29(25(23)33)17-7-5-16(6-8-17)28-14-3-2-4-21(28)31;1-3(5)2-4;;/h7-14H,3-6,15-17H2,1-2H3;5-12H,2-4,13-15H2,1H3,(H2,26,32);3-5H,2H2,1H3;1H3;. The molecule has 2 saturated heterocycles. The maximum Gasteiger partial charge on any atom is 0.359 e. The molecule has 4 aliphatic heterocycles. The van der Waals surface area contributed by atoms with Gasteiger partial charge in [-0.3, -0.25) is 24.0 Å². The van der Waals surface area contributed by atoms with Crippen molar-refractivity contribution in [2.45, 2.75) is 71.3 Å². The SMILES string of the molecule is CC(O)CO.CCOC(=O)c1nn(-c2ccc(OC)cc2)c2c1CCN(c1ccc(N3CCCCC3=O)cc1)C2=O.COc1ccc(-n2nc(C(N)=O)c3c2C(=O)N(c2ccc(N4CCCCC4=O)cc2)CC3)cc1.N.[V]. The van der Waals surface area contributed by atoms with Crippen LogP contribution >= 0.6 is 0 Å². The Kier molecular flexibility index (Phi) is 20.0. The molecule has 21 nitrogen and oxygen atoms in total. The van der Waals surface area contributed by atoms with E-state index in [0.29, 0.717) is 103 Å². The predicted octanol–water partition coefficient (Wildman–Crippen LogP) is 6.00. The summed E-state index contributed by atoms with van der Waals surface area (Å²) >= 11 is 0. The Morgan fingerprint density at radius 2 is 0.922 bits per heavy atom. The third-order valence-electron chi connectivity index (χ3n) is 13.2. The number of aliphatic hydroxyl groups excluding tert-OH is 2. The number of primary amides is 1. The van der Waals surface area contributed by atoms with Gasteiger partial charge in [0.2, 0.25) is 11.8 Å². The molecule has 4 aliphatic rings. The van der Waals surface area contributed by atoms with Gasteiger partial charge in [0.05, 0.1) is 44.9 Å². The molecule has 4 aromatic carbocycles. The van der Waals surface area contributed by atoms with Crippen LogP contribution in [0.3, 0.4) is 0 Å². The van der Waals surface area contributed by atoms with Gasteiger partial charge >= 0.3 is 5.97 Å². The largest absolute Gasteiger partial charge is 0.497 e. The molecular formula is C55H64N10O11V. The summed E-state index contributed by atoms with van der Waals surface area (Å²) in [5.41, 5.74) is 12.0. The fraction of sp³-hybridized carbons (Fsp3) is 0.345. The second-order valence-electron chi connectivity index (χ2n) is 18.1. The van der Waals surface area contributed by atoms with Gasteiger partial charge in [0.15, 0.2) is 11.4 Å². The summed E-state index contributed by atoms with van der Waals surface area (Å²) in [5.74, 6) is -0.137. The van der Waals surface area contributed by atoms with Crippen LogP contribution in [0.2, 0.25) is 0 Å². The van der Waals surface area contributed by atoms with Gasteiger partial charge in [0, 0.05) is 91.5 Å². The van der Waals surface area contributed by atoms with E-state index in [9.17, 15) is 28.8 Å². The molecule has 22 heteroatoms. The van der Waals surface area contributed by atoms with E-state index in [-0.39, 0.29) is 72.9 Å². The number of piperidine rings is 2. The Hall–Kier alpha value is -7.82. The van der Waals surface area contributed by atoms with E-state index < -0.39 is 18.0 Å². The topological polar surface area (TPSA) is 280 Å². The van der Waals surface area contributed by atoms with E-state index in [1.165, 1.54) is 16.3 Å². The number of aromatic nitrogens is 4. The normalized spacial score (nSPS) is 15.3. The molecule has 10 rings (SSSR count). The van der Waals surface area contributed by atoms with Gasteiger partial charge in [-0.25, -0.2) is 14.2 Å². The number of ether oxygens (including phenoxy) is 3. The molecule has 0 aliphatic carbocycles. The number of amides is 5. The molecule has 1 radical (unpaired) electrons. The molecule has 5 amide bonds. The second-order valence-corrected chi connectivity index (χ2v) is 18.1. The average molecular weight is 1090 g/mol. The van der Waals surface area contributed by atoms with Gasteiger partial charge in [-0.1, -0.05) is 0 Å². The number of carbonyl (C=O) groups is 6. The molecule has 0 saturated carbocycles. The first-order chi connectivity index (χ1) is 36.3. The summed E-state index contributed by atoms with van der Waals surface area (Å²) in [7, 11) is 3.15. The Balaban J connectivity index is 0.000000224. The molecule has 0 spiro atoms. The smallest absolute Gasteiger partial charge is 0.359 e. The zero-order valence-corrected chi connectivity index (χ0v) is 45.0. The second kappa shape index (κ2) is 26.3. The van der Waals surface area contributed by atoms with E-state index >= 15 is 0 Å². The van der Waals surface area contributed by atoms with Crippen LogP contribution in [-0.4, -0.2) is 125 Å². The fourth-order valence-corrected chi connectivity index (χ4v) is 9.38. The van der Waals surface area contributed by atoms with Crippen LogP contribution in [0.15, 0.2) is 97.1 Å². The first kappa shape index (κ1) is 58.4. The van der Waals surface area contributed by atoms with E-state index in [4.69, 9.17) is 30.2 Å². The zero-order valence-electron chi connectivity index (χ0n) is 43.6. The van der Waals surface area contributed by atoms with Gasteiger partial charge in [-0.15, -0.1) is 0 Å². The number of fused-ring (bicyclic) bond motifs is 2. The minimum absolute atomic E-state index is 0. The Morgan fingerprint density at radius 1 is 0.571 bits per heavy atom. The number of hydrogen-bond acceptors (Lipinski definition) is 14. The van der Waals surface area contributed by atoms with E-state index in [0.717, 1.165) is 42.7 Å². The van der Waals surface area contributed by atoms with E-state index in [2.05, 4.69) is 10.2 Å². The summed E-state index contributed by atoms with van der Waals surface area (Å²) < 4.78 is 18.7. The van der Waals surface area contributed by atoms with Crippen LogP contribution in [-0.2, 0) is 45.7 Å². The number of rotatable bonds is 12. The maximum absolute atomic E-state index is 13.8. The van der Waals surface area contributed by atoms with E-state index in [1.807, 2.05) is 48.5 Å². The summed E-state index contributed by atoms with van der Waals surface area (Å²) in [4.78, 5) is 83.6. The van der Waals surface area contributed by atoms with Gasteiger partial charge in [-0.05, 0) is 149 Å². The number of methoxy groups -OCH3 is 2. The molecule has 6 heterocycles. The van der Waals surface area contributed by atoms with Gasteiger partial charge in [-0.2, -0.15) is 10.2 Å². The number of nitrogens with two attached hydrogens (primary N) is 1. The quantitative estimate of drug-likeness (QED) is 0.102. The Labute approximate surface area is 457 Å². The number of benzene rings is 4. The van der Waals surface area contributed by atoms with Crippen LogP contribution in [0.25, 0.3) is 11.4 Å². The monoisotopic (exact) mass is 1090 g/mol. The Bertz CT molecular complexity index is 3050. The summed E-state index contributed by atoms with van der Waals surface area (Å²) in [6.45, 7) is 5.55. The third-order valence-corrected chi connectivity index (χ3v) is 13.2. The van der Waals surface area contributed by atoms with Crippen molar-refractivity contribution in [3.8, 4) is 22.9 Å². The van der Waals surface area contributed by atoms with Crippen molar-refractivity contribution in [1.82, 2.24) is 25.7 Å². The van der Waals surface area contributed by atoms with Crippen molar-refractivity contribution < 1.29 is 71.7 Å². The minimum atomic E-state index is -0.666. The first-order valence-corrected chi connectivity index (χ1v) is 25.0. The fourth-order valence-electron chi connectivity index (χ4n) is 9.38. The number of carbonyl (C=O) groups excluding carboxylic acids is 6. The van der Waals surface area contributed by atoms with Crippen molar-refractivity contribution >= 4 is 58.3 Å². The number of anilines is 4. The molecule has 1 unspecified atom stereocenters. The first-order valence-electron chi connectivity index (χ1n) is 25.0. The van der Waals surface area contributed by atoms with Gasteiger partial charge in [0.1, 0.15) is 22.9 Å². The number of esters is 1. The van der Waals surface area contributed by atoms with Gasteiger partial charge in [0.25, 0.3) is 17.7 Å². The molecule has 405 valence electrons. The van der Waals surface area contributed by atoms with Crippen molar-refractivity contribution in [1.29, 1.82) is 0 Å². The minimum Gasteiger partial charge on any atom is -0.497 e. The van der Waals surface area contributed by atoms with Crippen LogP contribution < -0.4 is 41.0 Å². The van der Waals surface area contributed by atoms with Gasteiger partial charge < -0.3 is 55.9 Å². The maximum atomic E-state index is 13.8. The van der Waals surface area contributed by atoms with E-state index in [1.54, 1.807) is 89.3 Å². The number of hydrogen-bond donors (Lipinski definition) is 4. The average Bonchev–Trinajstić information content (AvgIpc) is 4.05. The Morgan fingerprint density at radius 3 is 1.26 bits per heavy atom. The van der Waals surface area contributed by atoms with Crippen molar-refractivity contribution in [3.05, 3.63) is 131 Å². The number of aliphatic hydroxyl groups is 2. The molecule has 2 aromatic heterocycles. The molecule has 2 fully saturated rings. The van der Waals surface area contributed by atoms with Crippen LogP contribution in [0.4, 0.5) is 22.7 Å². The zero-order chi connectivity index (χ0) is 53.3. The van der Waals surface area contributed by atoms with Crippen molar-refractivity contribution in [2.24, 2.45) is 5.73 Å². The molecule has 1 atom stereocenters. The van der Waals surface area contributed by atoms with Crippen LogP contribution in [0.1, 0.15) is 105 Å². The molecule has 77 heavy (non-hydrogen) atoms. The summed E-state index contributed by atoms with van der Waals surface area (Å²) in [6.07, 6.45) is 5.28. The summed E-state index contributed by atoms with van der Waals surface area (Å²) in [5, 5.41) is 24.9. The predicted molar refractivity (Wildman–Crippen MR) is 285 cm³/mol. The number of nitrogens with zero attached hydrogens (tertiary/aromatic N) is 8. The van der Waals surface area contributed by atoms with Crippen molar-refractivity contribution in [2.75, 3.05) is 73.2 Å². The van der Waals surface area contributed by atoms with Crippen LogP contribution in [0, 0.1) is 0 Å². The van der Waals surface area contributed by atoms with Crippen LogP contribution in [0.5, 0.6) is 11.5 Å². The van der Waals surface area contributed by atoms with Crippen molar-refractivity contribution in [3.63, 3.8) is 0 Å². The molecule has 6 aromatic rings. The molecule has 7 N–H and O–H groups in total. The summed E-state index contributed by atoms with van der Waals surface area (Å²) in [6, 6.07) is 29.1. The molecule has 0 bridgehead atoms. The third kappa shape index (κ3) is 12.7.